The maximum atomic E-state index is 6.49. The van der Waals surface area contributed by atoms with Gasteiger partial charge in [0.25, 0.3) is 0 Å². The van der Waals surface area contributed by atoms with Crippen molar-refractivity contribution in [2.45, 2.75) is 13.3 Å². The zero-order valence-corrected chi connectivity index (χ0v) is 17.4. The van der Waals surface area contributed by atoms with E-state index < -0.39 is 0 Å². The van der Waals surface area contributed by atoms with E-state index in [4.69, 9.17) is 4.42 Å². The van der Waals surface area contributed by atoms with Crippen LogP contribution in [-0.4, -0.2) is 0 Å². The van der Waals surface area contributed by atoms with E-state index in [0.717, 1.165) is 45.2 Å². The topological polar surface area (TPSA) is 17.0 Å². The molecule has 0 bridgehead atoms. The molecule has 2 aromatic heterocycles. The summed E-state index contributed by atoms with van der Waals surface area (Å²) < 4.78 is 8.64. The Labute approximate surface area is 176 Å². The van der Waals surface area contributed by atoms with Crippen LogP contribution in [0.2, 0.25) is 0 Å². The summed E-state index contributed by atoms with van der Waals surface area (Å²) >= 11 is 0. The number of rotatable bonds is 1. The zero-order valence-electron chi connectivity index (χ0n) is 17.4. The first-order valence-corrected chi connectivity index (χ1v) is 10.3. The highest BCUT2D eigenvalue weighted by Gasteiger charge is 2.20. The minimum absolute atomic E-state index is 0.880. The molecule has 0 atom stereocenters. The minimum atomic E-state index is 0.880. The van der Waals surface area contributed by atoms with Gasteiger partial charge in [-0.3, -0.25) is 0 Å². The summed E-state index contributed by atoms with van der Waals surface area (Å²) in [6, 6.07) is 15.1. The molecule has 4 aromatic rings. The number of aryl methyl sites for hydroxylation is 2. The predicted molar refractivity (Wildman–Crippen MR) is 125 cm³/mol. The highest BCUT2D eigenvalue weighted by atomic mass is 16.3. The molecule has 0 N–H and O–H groups in total. The van der Waals surface area contributed by atoms with Crippen LogP contribution in [0.3, 0.4) is 0 Å². The van der Waals surface area contributed by atoms with Gasteiger partial charge in [0.1, 0.15) is 18.2 Å². The van der Waals surface area contributed by atoms with Crippen molar-refractivity contribution >= 4 is 28.0 Å². The number of hydrogen-bond acceptors (Lipinski definition) is 1. The number of allylic oxidation sites excluding steroid dienone is 6. The van der Waals surface area contributed by atoms with Crippen molar-refractivity contribution in [2.24, 2.45) is 7.05 Å². The maximum absolute atomic E-state index is 6.49. The highest BCUT2D eigenvalue weighted by Crippen LogP contribution is 2.38. The first kappa shape index (κ1) is 18.4. The molecule has 2 heteroatoms. The molecule has 0 saturated heterocycles. The summed E-state index contributed by atoms with van der Waals surface area (Å²) in [5, 5.41) is 2.32. The second-order valence-electron chi connectivity index (χ2n) is 7.88. The van der Waals surface area contributed by atoms with E-state index in [1.165, 1.54) is 16.7 Å². The van der Waals surface area contributed by atoms with Crippen molar-refractivity contribution in [3.8, 4) is 11.3 Å². The number of nitrogens with zero attached hydrogens (tertiary/aromatic N) is 1. The van der Waals surface area contributed by atoms with Gasteiger partial charge in [-0.2, -0.15) is 0 Å². The van der Waals surface area contributed by atoms with Gasteiger partial charge in [-0.25, -0.2) is 4.57 Å². The van der Waals surface area contributed by atoms with E-state index >= 15 is 0 Å². The first-order valence-electron chi connectivity index (χ1n) is 10.3. The fourth-order valence-corrected chi connectivity index (χ4v) is 4.18. The van der Waals surface area contributed by atoms with Gasteiger partial charge in [0.05, 0.1) is 5.56 Å². The molecule has 5 rings (SSSR count). The Kier molecular flexibility index (Phi) is 4.48. The minimum Gasteiger partial charge on any atom is -0.455 e. The van der Waals surface area contributed by atoms with E-state index in [1.54, 1.807) is 0 Å². The molecule has 1 aliphatic rings. The molecule has 1 aliphatic carbocycles. The summed E-state index contributed by atoms with van der Waals surface area (Å²) in [6.07, 6.45) is 15.5. The Bertz CT molecular complexity index is 1400. The molecular weight excluding hydrogens is 366 g/mol. The molecule has 0 radical (unpaired) electrons. The van der Waals surface area contributed by atoms with Crippen molar-refractivity contribution in [1.82, 2.24) is 0 Å². The van der Waals surface area contributed by atoms with Gasteiger partial charge in [-0.05, 0) is 53.8 Å². The van der Waals surface area contributed by atoms with Gasteiger partial charge < -0.3 is 4.42 Å². The standard InChI is InChI=1S/C28H24NO/c1-19-9-5-4-6-10-21-17-24-23-15-13-20(2)27(25-11-7-8-16-29(25)3)28(23)30-26(24)18-22(21)14-12-19/h4-9,11-18H,1,10H2,2-3H3/q+1/b6-4-,9-5-,14-12?. The van der Waals surface area contributed by atoms with Crippen molar-refractivity contribution in [3.63, 3.8) is 0 Å². The van der Waals surface area contributed by atoms with Crippen molar-refractivity contribution in [3.05, 3.63) is 108 Å². The average Bonchev–Trinajstić information content (AvgIpc) is 3.09. The Morgan fingerprint density at radius 3 is 2.73 bits per heavy atom. The van der Waals surface area contributed by atoms with Crippen LogP contribution in [-0.2, 0) is 13.5 Å². The number of fused-ring (bicyclic) bond motifs is 4. The quantitative estimate of drug-likeness (QED) is 0.334. The normalized spacial score (nSPS) is 16.0. The maximum Gasteiger partial charge on any atom is 0.216 e. The lowest BCUT2D eigenvalue weighted by atomic mass is 9.97. The Morgan fingerprint density at radius 1 is 0.967 bits per heavy atom. The summed E-state index contributed by atoms with van der Waals surface area (Å²) in [4.78, 5) is 0. The lowest BCUT2D eigenvalue weighted by molar-refractivity contribution is -0.660. The molecule has 30 heavy (non-hydrogen) atoms. The SMILES string of the molecule is C=C1C=Cc2cc3oc4c(-c5cccc[n+]5C)c(C)ccc4c3cc2C/C=C\C=C/1. The molecule has 0 fully saturated rings. The fraction of sp³-hybridized carbons (Fsp3) is 0.107. The van der Waals surface area contributed by atoms with Crippen LogP contribution in [0.25, 0.3) is 39.3 Å². The Hall–Kier alpha value is -3.65. The van der Waals surface area contributed by atoms with E-state index in [-0.39, 0.29) is 0 Å². The third-order valence-corrected chi connectivity index (χ3v) is 5.79. The fourth-order valence-electron chi connectivity index (χ4n) is 4.18. The summed E-state index contributed by atoms with van der Waals surface area (Å²) in [7, 11) is 2.08. The monoisotopic (exact) mass is 390 g/mol. The zero-order chi connectivity index (χ0) is 20.7. The number of benzene rings is 2. The van der Waals surface area contributed by atoms with Gasteiger partial charge in [-0.15, -0.1) is 0 Å². The average molecular weight is 391 g/mol. The molecule has 0 amide bonds. The lowest BCUT2D eigenvalue weighted by Gasteiger charge is -2.06. The van der Waals surface area contributed by atoms with Gasteiger partial charge in [0.2, 0.25) is 5.69 Å². The summed E-state index contributed by atoms with van der Waals surface area (Å²) in [6.45, 7) is 6.23. The van der Waals surface area contributed by atoms with Gasteiger partial charge in [-0.1, -0.05) is 55.2 Å². The highest BCUT2D eigenvalue weighted by molar-refractivity contribution is 6.10. The Balaban J connectivity index is 1.79. The number of aromatic nitrogens is 1. The molecule has 0 spiro atoms. The van der Waals surface area contributed by atoms with Crippen LogP contribution in [0.5, 0.6) is 0 Å². The van der Waals surface area contributed by atoms with E-state index in [1.807, 2.05) is 18.2 Å². The second kappa shape index (κ2) is 7.31. The molecule has 2 nitrogen and oxygen atoms in total. The van der Waals surface area contributed by atoms with Crippen LogP contribution in [0.15, 0.2) is 95.6 Å². The van der Waals surface area contributed by atoms with Crippen LogP contribution < -0.4 is 4.57 Å². The summed E-state index contributed by atoms with van der Waals surface area (Å²) in [5.41, 5.74) is 8.81. The third-order valence-electron chi connectivity index (χ3n) is 5.79. The molecule has 0 aliphatic heterocycles. The van der Waals surface area contributed by atoms with Crippen LogP contribution in [0.1, 0.15) is 16.7 Å². The van der Waals surface area contributed by atoms with Gasteiger partial charge in [0, 0.05) is 22.9 Å². The smallest absolute Gasteiger partial charge is 0.216 e. The Morgan fingerprint density at radius 2 is 1.87 bits per heavy atom. The van der Waals surface area contributed by atoms with E-state index in [0.29, 0.717) is 0 Å². The molecule has 146 valence electrons. The summed E-state index contributed by atoms with van der Waals surface area (Å²) in [5.74, 6) is 0. The van der Waals surface area contributed by atoms with Crippen molar-refractivity contribution in [1.29, 1.82) is 0 Å². The molecule has 0 unspecified atom stereocenters. The van der Waals surface area contributed by atoms with Gasteiger partial charge in [0.15, 0.2) is 6.20 Å². The molecule has 2 aromatic carbocycles. The number of pyridine rings is 1. The van der Waals surface area contributed by atoms with Crippen molar-refractivity contribution in [2.75, 3.05) is 0 Å². The lowest BCUT2D eigenvalue weighted by Crippen LogP contribution is -2.30. The predicted octanol–water partition coefficient (Wildman–Crippen LogP) is 6.62. The molecule has 2 heterocycles. The van der Waals surface area contributed by atoms with Crippen LogP contribution in [0.4, 0.5) is 0 Å². The molecular formula is C28H24NO+. The molecule has 0 saturated carbocycles. The third kappa shape index (κ3) is 3.11. The van der Waals surface area contributed by atoms with Crippen molar-refractivity contribution < 1.29 is 8.98 Å². The second-order valence-corrected chi connectivity index (χ2v) is 7.88. The van der Waals surface area contributed by atoms with E-state index in [2.05, 4.69) is 92.0 Å². The van der Waals surface area contributed by atoms with Gasteiger partial charge >= 0.3 is 0 Å². The largest absolute Gasteiger partial charge is 0.455 e. The number of furan rings is 1. The number of hydrogen-bond donors (Lipinski definition) is 0. The van der Waals surface area contributed by atoms with E-state index in [9.17, 15) is 0 Å². The van der Waals surface area contributed by atoms with Crippen LogP contribution >= 0.6 is 0 Å². The van der Waals surface area contributed by atoms with Crippen LogP contribution in [0, 0.1) is 6.92 Å². The first-order chi connectivity index (χ1) is 14.6.